The van der Waals surface area contributed by atoms with E-state index in [4.69, 9.17) is 5.73 Å². The van der Waals surface area contributed by atoms with Gasteiger partial charge in [-0.15, -0.1) is 0 Å². The molecule has 0 aliphatic carbocycles. The minimum atomic E-state index is -4.70. The Kier molecular flexibility index (Phi) is 3.42. The quantitative estimate of drug-likeness (QED) is 0.766. The molecule has 0 spiro atoms. The van der Waals surface area contributed by atoms with E-state index >= 15 is 0 Å². The monoisotopic (exact) mass is 257 g/mol. The molecule has 0 saturated heterocycles. The van der Waals surface area contributed by atoms with Crippen LogP contribution in [0.3, 0.4) is 0 Å². The molecule has 1 aromatic carbocycles. The van der Waals surface area contributed by atoms with Crippen LogP contribution >= 0.6 is 0 Å². The van der Waals surface area contributed by atoms with Crippen molar-refractivity contribution in [1.82, 2.24) is 0 Å². The highest BCUT2D eigenvalue weighted by Crippen LogP contribution is 2.38. The first-order valence-corrected chi connectivity index (χ1v) is 4.55. The van der Waals surface area contributed by atoms with Crippen LogP contribution in [0.4, 0.5) is 26.3 Å². The summed E-state index contributed by atoms with van der Waals surface area (Å²) in [6.07, 6.45) is -9.39. The van der Waals surface area contributed by atoms with Crippen LogP contribution in [0.5, 0.6) is 0 Å². The van der Waals surface area contributed by atoms with Gasteiger partial charge in [-0.1, -0.05) is 0 Å². The lowest BCUT2D eigenvalue weighted by molar-refractivity contribution is -0.142. The second-order valence-electron chi connectivity index (χ2n) is 3.52. The Morgan fingerprint density at radius 3 is 1.76 bits per heavy atom. The van der Waals surface area contributed by atoms with Crippen LogP contribution < -0.4 is 5.73 Å². The fraction of sp³-hybridized carbons (Fsp3) is 0.400. The molecule has 0 aliphatic heterocycles. The van der Waals surface area contributed by atoms with Crippen LogP contribution in [0.1, 0.15) is 22.3 Å². The highest BCUT2D eigenvalue weighted by atomic mass is 19.4. The number of aryl methyl sites for hydroxylation is 1. The smallest absolute Gasteiger partial charge is 0.326 e. The van der Waals surface area contributed by atoms with Crippen LogP contribution in [0.15, 0.2) is 12.1 Å². The molecule has 0 aliphatic rings. The second kappa shape index (κ2) is 4.21. The molecule has 0 unspecified atom stereocenters. The lowest BCUT2D eigenvalue weighted by Crippen LogP contribution is -2.16. The Balaban J connectivity index is 3.46. The van der Waals surface area contributed by atoms with E-state index in [0.717, 1.165) is 6.92 Å². The Bertz CT molecular complexity index is 418. The van der Waals surface area contributed by atoms with Crippen molar-refractivity contribution >= 4 is 0 Å². The van der Waals surface area contributed by atoms with Gasteiger partial charge in [-0.3, -0.25) is 0 Å². The molecule has 0 aromatic heterocycles. The SMILES string of the molecule is Cc1cc(C(F)(F)F)c(CN)cc1C(F)(F)F. The minimum Gasteiger partial charge on any atom is -0.326 e. The summed E-state index contributed by atoms with van der Waals surface area (Å²) in [5, 5.41) is 0. The van der Waals surface area contributed by atoms with E-state index < -0.39 is 41.2 Å². The third kappa shape index (κ3) is 2.91. The first-order valence-electron chi connectivity index (χ1n) is 4.55. The number of nitrogens with two attached hydrogens (primary N) is 1. The zero-order valence-corrected chi connectivity index (χ0v) is 8.71. The Labute approximate surface area is 93.2 Å². The van der Waals surface area contributed by atoms with Crippen LogP contribution in [-0.2, 0) is 18.9 Å². The van der Waals surface area contributed by atoms with Crippen molar-refractivity contribution in [3.05, 3.63) is 34.4 Å². The van der Waals surface area contributed by atoms with E-state index in [2.05, 4.69) is 0 Å². The van der Waals surface area contributed by atoms with Crippen LogP contribution in [0, 0.1) is 6.92 Å². The zero-order chi connectivity index (χ0) is 13.4. The molecule has 0 radical (unpaired) electrons. The molecule has 2 N–H and O–H groups in total. The Morgan fingerprint density at radius 2 is 1.41 bits per heavy atom. The van der Waals surface area contributed by atoms with Gasteiger partial charge in [0.05, 0.1) is 11.1 Å². The lowest BCUT2D eigenvalue weighted by Gasteiger charge is -2.17. The molecular weight excluding hydrogens is 248 g/mol. The number of hydrogen-bond acceptors (Lipinski definition) is 1. The molecule has 7 heteroatoms. The third-order valence-electron chi connectivity index (χ3n) is 2.28. The predicted molar refractivity (Wildman–Crippen MR) is 49.1 cm³/mol. The molecule has 17 heavy (non-hydrogen) atoms. The maximum absolute atomic E-state index is 12.5. The van der Waals surface area contributed by atoms with Crippen molar-refractivity contribution < 1.29 is 26.3 Å². The summed E-state index contributed by atoms with van der Waals surface area (Å²) in [4.78, 5) is 0. The van der Waals surface area contributed by atoms with E-state index in [1.807, 2.05) is 0 Å². The summed E-state index contributed by atoms with van der Waals surface area (Å²) in [7, 11) is 0. The number of halogens is 6. The molecule has 0 fully saturated rings. The summed E-state index contributed by atoms with van der Waals surface area (Å²) in [6.45, 7) is 0.385. The minimum absolute atomic E-state index is 0.457. The highest BCUT2D eigenvalue weighted by molar-refractivity contribution is 5.40. The number of alkyl halides is 6. The number of hydrogen-bond donors (Lipinski definition) is 1. The van der Waals surface area contributed by atoms with Gasteiger partial charge in [0.1, 0.15) is 0 Å². The molecular formula is C10H9F6N. The maximum Gasteiger partial charge on any atom is 0.416 e. The van der Waals surface area contributed by atoms with Crippen molar-refractivity contribution in [2.24, 2.45) is 5.73 Å². The summed E-state index contributed by atoms with van der Waals surface area (Å²) in [6, 6.07) is 0.934. The molecule has 0 bridgehead atoms. The van der Waals surface area contributed by atoms with Gasteiger partial charge in [-0.05, 0) is 30.2 Å². The number of benzene rings is 1. The topological polar surface area (TPSA) is 26.0 Å². The van der Waals surface area contributed by atoms with E-state index in [-0.39, 0.29) is 0 Å². The summed E-state index contributed by atoms with van der Waals surface area (Å²) in [5.41, 5.74) is 1.80. The van der Waals surface area contributed by atoms with Gasteiger partial charge in [0, 0.05) is 6.54 Å². The molecule has 0 saturated carbocycles. The first-order chi connectivity index (χ1) is 7.57. The van der Waals surface area contributed by atoms with Crippen molar-refractivity contribution in [2.45, 2.75) is 25.8 Å². The molecule has 0 heterocycles. The number of rotatable bonds is 1. The van der Waals surface area contributed by atoms with Crippen LogP contribution in [0.2, 0.25) is 0 Å². The third-order valence-corrected chi connectivity index (χ3v) is 2.28. The first kappa shape index (κ1) is 13.8. The van der Waals surface area contributed by atoms with Gasteiger partial charge in [0.25, 0.3) is 0 Å². The molecule has 0 amide bonds. The van der Waals surface area contributed by atoms with Crippen molar-refractivity contribution in [2.75, 3.05) is 0 Å². The molecule has 0 atom stereocenters. The van der Waals surface area contributed by atoms with E-state index in [9.17, 15) is 26.3 Å². The van der Waals surface area contributed by atoms with Crippen molar-refractivity contribution in [1.29, 1.82) is 0 Å². The highest BCUT2D eigenvalue weighted by Gasteiger charge is 2.38. The van der Waals surface area contributed by atoms with Gasteiger partial charge < -0.3 is 5.73 Å². The van der Waals surface area contributed by atoms with Gasteiger partial charge in [-0.2, -0.15) is 26.3 Å². The van der Waals surface area contributed by atoms with Gasteiger partial charge >= 0.3 is 12.4 Å². The van der Waals surface area contributed by atoms with Gasteiger partial charge in [0.2, 0.25) is 0 Å². The van der Waals surface area contributed by atoms with Gasteiger partial charge in [-0.25, -0.2) is 0 Å². The second-order valence-corrected chi connectivity index (χ2v) is 3.52. The molecule has 1 nitrogen and oxygen atoms in total. The Morgan fingerprint density at radius 1 is 0.941 bits per heavy atom. The van der Waals surface area contributed by atoms with E-state index in [1.165, 1.54) is 0 Å². The van der Waals surface area contributed by atoms with E-state index in [0.29, 0.717) is 12.1 Å². The Hall–Kier alpha value is -1.24. The average Bonchev–Trinajstić information content (AvgIpc) is 2.14. The van der Waals surface area contributed by atoms with Crippen molar-refractivity contribution in [3.63, 3.8) is 0 Å². The summed E-state index contributed by atoms with van der Waals surface area (Å²) < 4.78 is 74.9. The van der Waals surface area contributed by atoms with Crippen molar-refractivity contribution in [3.8, 4) is 0 Å². The summed E-state index contributed by atoms with van der Waals surface area (Å²) >= 11 is 0. The summed E-state index contributed by atoms with van der Waals surface area (Å²) in [5.74, 6) is 0. The predicted octanol–water partition coefficient (Wildman–Crippen LogP) is 3.49. The normalized spacial score (nSPS) is 12.9. The van der Waals surface area contributed by atoms with E-state index in [1.54, 1.807) is 0 Å². The van der Waals surface area contributed by atoms with Crippen LogP contribution in [0.25, 0.3) is 0 Å². The fourth-order valence-electron chi connectivity index (χ4n) is 1.49. The molecule has 96 valence electrons. The molecule has 1 aromatic rings. The zero-order valence-electron chi connectivity index (χ0n) is 8.71. The van der Waals surface area contributed by atoms with Gasteiger partial charge in [0.15, 0.2) is 0 Å². The largest absolute Gasteiger partial charge is 0.416 e. The molecule has 1 rings (SSSR count). The standard InChI is InChI=1S/C10H9F6N/c1-5-2-8(10(14,15)16)6(4-17)3-7(5)9(11,12)13/h2-3H,4,17H2,1H3. The fourth-order valence-corrected chi connectivity index (χ4v) is 1.49. The lowest BCUT2D eigenvalue weighted by atomic mass is 9.98. The average molecular weight is 257 g/mol. The van der Waals surface area contributed by atoms with Crippen LogP contribution in [-0.4, -0.2) is 0 Å². The maximum atomic E-state index is 12.5.